The molecule has 1 aromatic carbocycles. The van der Waals surface area contributed by atoms with E-state index in [9.17, 15) is 10.2 Å². The van der Waals surface area contributed by atoms with Crippen molar-refractivity contribution in [2.24, 2.45) is 5.92 Å². The molecule has 0 saturated heterocycles. The molecular weight excluding hydrogens is 164 g/mol. The molecule has 0 aromatic heterocycles. The summed E-state index contributed by atoms with van der Waals surface area (Å²) in [7, 11) is 0. The van der Waals surface area contributed by atoms with Crippen LogP contribution in [-0.4, -0.2) is 16.3 Å². The number of aliphatic hydroxyl groups excluding tert-OH is 2. The molecule has 1 aliphatic rings. The van der Waals surface area contributed by atoms with Crippen LogP contribution in [0.5, 0.6) is 0 Å². The average Bonchev–Trinajstić information content (AvgIpc) is 2.45. The van der Waals surface area contributed by atoms with Gasteiger partial charge >= 0.3 is 0 Å². The Bertz CT molecular complexity index is 307. The van der Waals surface area contributed by atoms with Gasteiger partial charge < -0.3 is 10.2 Å². The Morgan fingerprint density at radius 1 is 1.38 bits per heavy atom. The largest absolute Gasteiger partial charge is 0.393 e. The van der Waals surface area contributed by atoms with Crippen LogP contribution in [0.4, 0.5) is 0 Å². The van der Waals surface area contributed by atoms with Crippen LogP contribution in [-0.2, 0) is 6.42 Å². The molecule has 0 saturated carbocycles. The zero-order valence-electron chi connectivity index (χ0n) is 7.64. The first-order valence-corrected chi connectivity index (χ1v) is 4.64. The van der Waals surface area contributed by atoms with Crippen molar-refractivity contribution in [3.63, 3.8) is 0 Å². The van der Waals surface area contributed by atoms with E-state index < -0.39 is 12.2 Å². The maximum Gasteiger partial charge on any atom is 0.0848 e. The lowest BCUT2D eigenvalue weighted by Gasteiger charge is -2.17. The monoisotopic (exact) mass is 178 g/mol. The van der Waals surface area contributed by atoms with Crippen molar-refractivity contribution >= 4 is 0 Å². The zero-order chi connectivity index (χ0) is 9.42. The van der Waals surface area contributed by atoms with E-state index in [0.717, 1.165) is 12.0 Å². The summed E-state index contributed by atoms with van der Waals surface area (Å²) in [5.41, 5.74) is 2.15. The van der Waals surface area contributed by atoms with Crippen LogP contribution in [0.1, 0.15) is 24.2 Å². The molecule has 2 N–H and O–H groups in total. The fraction of sp³-hybridized carbons (Fsp3) is 0.455. The first-order chi connectivity index (χ1) is 6.20. The van der Waals surface area contributed by atoms with Gasteiger partial charge in [-0.2, -0.15) is 0 Å². The Labute approximate surface area is 77.8 Å². The van der Waals surface area contributed by atoms with Crippen LogP contribution in [0, 0.1) is 5.92 Å². The fourth-order valence-corrected chi connectivity index (χ4v) is 2.04. The van der Waals surface area contributed by atoms with Gasteiger partial charge in [-0.3, -0.25) is 0 Å². The summed E-state index contributed by atoms with van der Waals surface area (Å²) in [5, 5.41) is 19.3. The minimum Gasteiger partial charge on any atom is -0.393 e. The highest BCUT2D eigenvalue weighted by Crippen LogP contribution is 2.37. The molecular formula is C11H14O2. The van der Waals surface area contributed by atoms with Gasteiger partial charge in [0.2, 0.25) is 0 Å². The lowest BCUT2D eigenvalue weighted by molar-refractivity contribution is 0.0325. The Hall–Kier alpha value is -0.860. The minimum absolute atomic E-state index is 0.0302. The second kappa shape index (κ2) is 3.13. The molecule has 13 heavy (non-hydrogen) atoms. The molecule has 0 aliphatic heterocycles. The summed E-state index contributed by atoms with van der Waals surface area (Å²) in [6, 6.07) is 7.84. The van der Waals surface area contributed by atoms with E-state index in [2.05, 4.69) is 0 Å². The van der Waals surface area contributed by atoms with Gasteiger partial charge in [-0.15, -0.1) is 0 Å². The Kier molecular flexibility index (Phi) is 2.10. The molecule has 0 amide bonds. The van der Waals surface area contributed by atoms with Crippen LogP contribution in [0.15, 0.2) is 24.3 Å². The molecule has 0 spiro atoms. The number of hydrogen-bond acceptors (Lipinski definition) is 2. The van der Waals surface area contributed by atoms with Crippen molar-refractivity contribution in [3.05, 3.63) is 35.4 Å². The Morgan fingerprint density at radius 2 is 2.08 bits per heavy atom. The first-order valence-electron chi connectivity index (χ1n) is 4.64. The lowest BCUT2D eigenvalue weighted by atomic mass is 9.98. The molecule has 2 nitrogen and oxygen atoms in total. The maximum absolute atomic E-state index is 9.85. The third-order valence-electron chi connectivity index (χ3n) is 2.85. The van der Waals surface area contributed by atoms with Crippen molar-refractivity contribution in [2.75, 3.05) is 0 Å². The van der Waals surface area contributed by atoms with Crippen molar-refractivity contribution in [1.29, 1.82) is 0 Å². The zero-order valence-corrected chi connectivity index (χ0v) is 7.64. The van der Waals surface area contributed by atoms with Crippen LogP contribution < -0.4 is 0 Å². The van der Waals surface area contributed by atoms with Gasteiger partial charge in [0, 0.05) is 5.92 Å². The third-order valence-corrected chi connectivity index (χ3v) is 2.85. The highest BCUT2D eigenvalue weighted by atomic mass is 16.3. The van der Waals surface area contributed by atoms with Gasteiger partial charge in [0.05, 0.1) is 12.2 Å². The van der Waals surface area contributed by atoms with E-state index in [-0.39, 0.29) is 5.92 Å². The van der Waals surface area contributed by atoms with Gasteiger partial charge in [-0.05, 0) is 24.5 Å². The summed E-state index contributed by atoms with van der Waals surface area (Å²) in [4.78, 5) is 0. The number of fused-ring (bicyclic) bond motifs is 1. The smallest absolute Gasteiger partial charge is 0.0848 e. The summed E-state index contributed by atoms with van der Waals surface area (Å²) >= 11 is 0. The minimum atomic E-state index is -0.490. The summed E-state index contributed by atoms with van der Waals surface area (Å²) in [6.07, 6.45) is -0.145. The summed E-state index contributed by atoms with van der Waals surface area (Å²) < 4.78 is 0. The second-order valence-electron chi connectivity index (χ2n) is 3.75. The molecule has 0 radical (unpaired) electrons. The van der Waals surface area contributed by atoms with E-state index in [4.69, 9.17) is 0 Å². The number of benzene rings is 1. The highest BCUT2D eigenvalue weighted by molar-refractivity contribution is 5.34. The van der Waals surface area contributed by atoms with Crippen LogP contribution in [0.3, 0.4) is 0 Å². The van der Waals surface area contributed by atoms with Crippen molar-refractivity contribution in [2.45, 2.75) is 25.6 Å². The van der Waals surface area contributed by atoms with Crippen LogP contribution in [0.2, 0.25) is 0 Å². The molecule has 1 aromatic rings. The Balaban J connectivity index is 2.32. The average molecular weight is 178 g/mol. The number of aliphatic hydroxyl groups is 2. The molecule has 0 bridgehead atoms. The molecule has 1 aliphatic carbocycles. The van der Waals surface area contributed by atoms with E-state index in [1.54, 1.807) is 6.92 Å². The Morgan fingerprint density at radius 3 is 2.69 bits per heavy atom. The van der Waals surface area contributed by atoms with Gasteiger partial charge in [0.1, 0.15) is 0 Å². The van der Waals surface area contributed by atoms with Gasteiger partial charge in [-0.1, -0.05) is 24.3 Å². The molecule has 2 rings (SSSR count). The number of hydrogen-bond donors (Lipinski definition) is 2. The van der Waals surface area contributed by atoms with Crippen LogP contribution in [0.25, 0.3) is 0 Å². The molecule has 0 heterocycles. The molecule has 1 unspecified atom stereocenters. The van der Waals surface area contributed by atoms with Crippen molar-refractivity contribution in [3.8, 4) is 0 Å². The fourth-order valence-electron chi connectivity index (χ4n) is 2.04. The third kappa shape index (κ3) is 1.36. The van der Waals surface area contributed by atoms with E-state index >= 15 is 0 Å². The summed E-state index contributed by atoms with van der Waals surface area (Å²) in [5.74, 6) is -0.0302. The van der Waals surface area contributed by atoms with E-state index in [0.29, 0.717) is 0 Å². The quantitative estimate of drug-likeness (QED) is 0.680. The topological polar surface area (TPSA) is 40.5 Å². The molecule has 2 heteroatoms. The van der Waals surface area contributed by atoms with Crippen molar-refractivity contribution < 1.29 is 10.2 Å². The second-order valence-corrected chi connectivity index (χ2v) is 3.75. The van der Waals surface area contributed by atoms with E-state index in [1.165, 1.54) is 5.56 Å². The number of rotatable bonds is 1. The SMILES string of the molecule is CC(O)[C@@H]1Cc2ccccc2[C@@H]1O. The maximum atomic E-state index is 9.85. The normalized spacial score (nSPS) is 28.5. The van der Waals surface area contributed by atoms with Gasteiger partial charge in [-0.25, -0.2) is 0 Å². The van der Waals surface area contributed by atoms with Crippen molar-refractivity contribution in [1.82, 2.24) is 0 Å². The lowest BCUT2D eigenvalue weighted by Crippen LogP contribution is -2.20. The molecule has 0 fully saturated rings. The van der Waals surface area contributed by atoms with Gasteiger partial charge in [0.25, 0.3) is 0 Å². The van der Waals surface area contributed by atoms with E-state index in [1.807, 2.05) is 24.3 Å². The highest BCUT2D eigenvalue weighted by Gasteiger charge is 2.33. The van der Waals surface area contributed by atoms with Gasteiger partial charge in [0.15, 0.2) is 0 Å². The predicted octanol–water partition coefficient (Wildman–Crippen LogP) is 1.27. The summed E-state index contributed by atoms with van der Waals surface area (Å²) in [6.45, 7) is 1.74. The van der Waals surface area contributed by atoms with Crippen LogP contribution >= 0.6 is 0 Å². The molecule has 70 valence electrons. The first kappa shape index (κ1) is 8.73. The molecule has 3 atom stereocenters. The predicted molar refractivity (Wildman–Crippen MR) is 50.3 cm³/mol. The standard InChI is InChI=1S/C11H14O2/c1-7(12)10-6-8-4-2-3-5-9(8)11(10)13/h2-5,7,10-13H,6H2,1H3/t7?,10-,11-/m0/s1.